The Morgan fingerprint density at radius 1 is 1.13 bits per heavy atom. The third kappa shape index (κ3) is 5.90. The summed E-state index contributed by atoms with van der Waals surface area (Å²) in [4.78, 5) is 27.3. The number of aryl methyl sites for hydroxylation is 1. The maximum atomic E-state index is 11.8. The second kappa shape index (κ2) is 8.68. The number of ether oxygens (including phenoxy) is 1. The fourth-order valence-corrected chi connectivity index (χ4v) is 2.11. The molecule has 0 bridgehead atoms. The summed E-state index contributed by atoms with van der Waals surface area (Å²) in [5.41, 5.74) is 1.42. The van der Waals surface area contributed by atoms with Gasteiger partial charge in [-0.1, -0.05) is 36.4 Å². The number of carbonyl (C=O) groups excluding carboxylic acids is 2. The Morgan fingerprint density at radius 2 is 1.87 bits per heavy atom. The number of amides is 1. The lowest BCUT2D eigenvalue weighted by molar-refractivity contribution is -0.124. The molecular weight excluding hydrogens is 292 g/mol. The molecule has 0 saturated carbocycles. The molecular formula is C18H20N2O3. The minimum absolute atomic E-state index is 0.0104. The van der Waals surface area contributed by atoms with Crippen LogP contribution in [0.5, 0.6) is 0 Å². The van der Waals surface area contributed by atoms with Gasteiger partial charge in [-0.25, -0.2) is 9.78 Å². The van der Waals surface area contributed by atoms with Crippen molar-refractivity contribution in [2.45, 2.75) is 25.8 Å². The summed E-state index contributed by atoms with van der Waals surface area (Å²) in [6, 6.07) is 15.0. The van der Waals surface area contributed by atoms with Gasteiger partial charge in [-0.05, 0) is 37.5 Å². The highest BCUT2D eigenvalue weighted by Gasteiger charge is 2.12. The largest absolute Gasteiger partial charge is 0.451 e. The maximum absolute atomic E-state index is 11.8. The lowest BCUT2D eigenvalue weighted by Gasteiger charge is -2.14. The number of esters is 1. The van der Waals surface area contributed by atoms with Gasteiger partial charge in [-0.15, -0.1) is 0 Å². The average molecular weight is 312 g/mol. The number of benzene rings is 1. The molecule has 0 saturated heterocycles. The van der Waals surface area contributed by atoms with Gasteiger partial charge in [0, 0.05) is 12.2 Å². The standard InChI is InChI=1S/C18H20N2O3/c1-14(10-11-15-7-3-2-4-8-15)20-17(21)13-23-18(22)16-9-5-6-12-19-16/h2-9,12,14H,10-11,13H2,1H3,(H,20,21)/t14-/m1/s1. The van der Waals surface area contributed by atoms with E-state index in [4.69, 9.17) is 4.74 Å². The molecule has 0 radical (unpaired) electrons. The van der Waals surface area contributed by atoms with Crippen LogP contribution in [0.2, 0.25) is 0 Å². The SMILES string of the molecule is C[C@H](CCc1ccccc1)NC(=O)COC(=O)c1ccccn1. The van der Waals surface area contributed by atoms with Crippen LogP contribution >= 0.6 is 0 Å². The quantitative estimate of drug-likeness (QED) is 0.797. The molecule has 1 atom stereocenters. The summed E-state index contributed by atoms with van der Waals surface area (Å²) < 4.78 is 4.94. The van der Waals surface area contributed by atoms with Crippen molar-refractivity contribution < 1.29 is 14.3 Å². The normalized spacial score (nSPS) is 11.5. The Balaban J connectivity index is 1.69. The van der Waals surface area contributed by atoms with Crippen LogP contribution in [-0.4, -0.2) is 29.5 Å². The van der Waals surface area contributed by atoms with Gasteiger partial charge < -0.3 is 10.1 Å². The van der Waals surface area contributed by atoms with Crippen molar-refractivity contribution in [2.75, 3.05) is 6.61 Å². The third-order valence-electron chi connectivity index (χ3n) is 3.32. The molecule has 2 aromatic rings. The molecule has 1 aromatic carbocycles. The molecule has 0 unspecified atom stereocenters. The molecule has 0 fully saturated rings. The average Bonchev–Trinajstić information content (AvgIpc) is 2.59. The van der Waals surface area contributed by atoms with Gasteiger partial charge in [-0.2, -0.15) is 0 Å². The Bertz CT molecular complexity index is 629. The predicted octanol–water partition coefficient (Wildman–Crippen LogP) is 2.38. The van der Waals surface area contributed by atoms with Crippen LogP contribution in [0.4, 0.5) is 0 Å². The molecule has 1 heterocycles. The molecule has 2 rings (SSSR count). The maximum Gasteiger partial charge on any atom is 0.357 e. The van der Waals surface area contributed by atoms with Crippen molar-refractivity contribution in [2.24, 2.45) is 0 Å². The molecule has 0 spiro atoms. The van der Waals surface area contributed by atoms with Crippen molar-refractivity contribution in [1.29, 1.82) is 0 Å². The van der Waals surface area contributed by atoms with Gasteiger partial charge in [-0.3, -0.25) is 4.79 Å². The van der Waals surface area contributed by atoms with Crippen LogP contribution in [0.1, 0.15) is 29.4 Å². The van der Waals surface area contributed by atoms with Crippen molar-refractivity contribution >= 4 is 11.9 Å². The van der Waals surface area contributed by atoms with Crippen molar-refractivity contribution in [3.63, 3.8) is 0 Å². The van der Waals surface area contributed by atoms with E-state index in [0.717, 1.165) is 12.8 Å². The summed E-state index contributed by atoms with van der Waals surface area (Å²) in [6.07, 6.45) is 3.21. The van der Waals surface area contributed by atoms with Crippen LogP contribution in [0, 0.1) is 0 Å². The van der Waals surface area contributed by atoms with E-state index in [2.05, 4.69) is 22.4 Å². The number of nitrogens with zero attached hydrogens (tertiary/aromatic N) is 1. The zero-order chi connectivity index (χ0) is 16.5. The van der Waals surface area contributed by atoms with Crippen LogP contribution in [-0.2, 0) is 16.0 Å². The monoisotopic (exact) mass is 312 g/mol. The number of hydrogen-bond donors (Lipinski definition) is 1. The van der Waals surface area contributed by atoms with Gasteiger partial charge in [0.05, 0.1) is 0 Å². The van der Waals surface area contributed by atoms with E-state index in [9.17, 15) is 9.59 Å². The van der Waals surface area contributed by atoms with Gasteiger partial charge in [0.2, 0.25) is 0 Å². The lowest BCUT2D eigenvalue weighted by atomic mass is 10.1. The first-order valence-electron chi connectivity index (χ1n) is 7.56. The first-order valence-corrected chi connectivity index (χ1v) is 7.56. The van der Waals surface area contributed by atoms with E-state index in [1.165, 1.54) is 11.8 Å². The number of nitrogens with one attached hydrogen (secondary N) is 1. The fourth-order valence-electron chi connectivity index (χ4n) is 2.11. The highest BCUT2D eigenvalue weighted by molar-refractivity contribution is 5.89. The highest BCUT2D eigenvalue weighted by atomic mass is 16.5. The van der Waals surface area contributed by atoms with E-state index < -0.39 is 5.97 Å². The molecule has 0 aliphatic heterocycles. The molecule has 0 aliphatic carbocycles. The molecule has 0 aliphatic rings. The molecule has 1 N–H and O–H groups in total. The van der Waals surface area contributed by atoms with Gasteiger partial charge in [0.25, 0.3) is 5.91 Å². The van der Waals surface area contributed by atoms with E-state index in [0.29, 0.717) is 0 Å². The molecule has 1 aromatic heterocycles. The Kier molecular flexibility index (Phi) is 6.29. The minimum atomic E-state index is -0.599. The van der Waals surface area contributed by atoms with Crippen LogP contribution in [0.3, 0.4) is 0 Å². The topological polar surface area (TPSA) is 68.3 Å². The zero-order valence-corrected chi connectivity index (χ0v) is 13.1. The molecule has 5 nitrogen and oxygen atoms in total. The highest BCUT2D eigenvalue weighted by Crippen LogP contribution is 2.04. The predicted molar refractivity (Wildman–Crippen MR) is 86.9 cm³/mol. The smallest absolute Gasteiger partial charge is 0.357 e. The number of rotatable bonds is 7. The third-order valence-corrected chi connectivity index (χ3v) is 3.32. The summed E-state index contributed by atoms with van der Waals surface area (Å²) in [6.45, 7) is 1.63. The molecule has 5 heteroatoms. The van der Waals surface area contributed by atoms with Gasteiger partial charge in [0.15, 0.2) is 6.61 Å². The summed E-state index contributed by atoms with van der Waals surface area (Å²) in [5, 5.41) is 2.82. The number of pyridine rings is 1. The first kappa shape index (κ1) is 16.7. The summed E-state index contributed by atoms with van der Waals surface area (Å²) in [5.74, 6) is -0.910. The Morgan fingerprint density at radius 3 is 2.57 bits per heavy atom. The molecule has 23 heavy (non-hydrogen) atoms. The van der Waals surface area contributed by atoms with Gasteiger partial charge in [0.1, 0.15) is 5.69 Å². The van der Waals surface area contributed by atoms with Gasteiger partial charge >= 0.3 is 5.97 Å². The van der Waals surface area contributed by atoms with E-state index in [1.807, 2.05) is 25.1 Å². The van der Waals surface area contributed by atoms with Crippen LogP contribution in [0.15, 0.2) is 54.7 Å². The second-order valence-electron chi connectivity index (χ2n) is 5.28. The summed E-state index contributed by atoms with van der Waals surface area (Å²) >= 11 is 0. The Hall–Kier alpha value is -2.69. The Labute approximate surface area is 135 Å². The number of hydrogen-bond acceptors (Lipinski definition) is 4. The van der Waals surface area contributed by atoms with E-state index >= 15 is 0 Å². The summed E-state index contributed by atoms with van der Waals surface area (Å²) in [7, 11) is 0. The first-order chi connectivity index (χ1) is 11.1. The number of carbonyl (C=O) groups is 2. The van der Waals surface area contributed by atoms with Crippen LogP contribution < -0.4 is 5.32 Å². The minimum Gasteiger partial charge on any atom is -0.451 e. The lowest BCUT2D eigenvalue weighted by Crippen LogP contribution is -2.36. The van der Waals surface area contributed by atoms with E-state index in [1.54, 1.807) is 18.2 Å². The van der Waals surface area contributed by atoms with Crippen molar-refractivity contribution in [3.05, 3.63) is 66.0 Å². The second-order valence-corrected chi connectivity index (χ2v) is 5.28. The van der Waals surface area contributed by atoms with Crippen LogP contribution in [0.25, 0.3) is 0 Å². The molecule has 120 valence electrons. The zero-order valence-electron chi connectivity index (χ0n) is 13.1. The molecule has 1 amide bonds. The van der Waals surface area contributed by atoms with E-state index in [-0.39, 0.29) is 24.2 Å². The van der Waals surface area contributed by atoms with Crippen molar-refractivity contribution in [3.8, 4) is 0 Å². The fraction of sp³-hybridized carbons (Fsp3) is 0.278. The number of aromatic nitrogens is 1. The van der Waals surface area contributed by atoms with Crippen molar-refractivity contribution in [1.82, 2.24) is 10.3 Å².